The van der Waals surface area contributed by atoms with Crippen molar-refractivity contribution in [2.45, 2.75) is 53.0 Å². The Morgan fingerprint density at radius 1 is 1.10 bits per heavy atom. The van der Waals surface area contributed by atoms with E-state index in [0.717, 1.165) is 35.7 Å². The average Bonchev–Trinajstić information content (AvgIpc) is 3.22. The molecule has 0 aliphatic carbocycles. The van der Waals surface area contributed by atoms with Crippen LogP contribution in [0.1, 0.15) is 55.1 Å². The lowest BCUT2D eigenvalue weighted by Crippen LogP contribution is -2.47. The number of hydrogen-bond donors (Lipinski definition) is 1. The van der Waals surface area contributed by atoms with Gasteiger partial charge in [0.1, 0.15) is 12.7 Å². The number of aromatic nitrogens is 1. The highest BCUT2D eigenvalue weighted by Gasteiger charge is 2.26. The fourth-order valence-corrected chi connectivity index (χ4v) is 3.76. The van der Waals surface area contributed by atoms with Crippen LogP contribution in [-0.2, 0) is 4.79 Å². The minimum absolute atomic E-state index is 0.0335. The smallest absolute Gasteiger partial charge is 0.274 e. The summed E-state index contributed by atoms with van der Waals surface area (Å²) in [6.07, 6.45) is 4.13. The Hall–Kier alpha value is -2.89. The first-order valence-electron chi connectivity index (χ1n) is 10.6. The zero-order valence-electron chi connectivity index (χ0n) is 18.7. The van der Waals surface area contributed by atoms with Crippen molar-refractivity contribution in [2.75, 3.05) is 29.4 Å². The Morgan fingerprint density at radius 3 is 2.40 bits per heavy atom. The number of nitrogens with zero attached hydrogens (tertiary/aromatic N) is 2. The first-order chi connectivity index (χ1) is 14.2. The molecule has 0 spiro atoms. The Kier molecular flexibility index (Phi) is 6.44. The second-order valence-corrected chi connectivity index (χ2v) is 9.07. The summed E-state index contributed by atoms with van der Waals surface area (Å²) in [4.78, 5) is 33.3. The Bertz CT molecular complexity index is 910. The van der Waals surface area contributed by atoms with Gasteiger partial charge in [-0.1, -0.05) is 12.1 Å². The monoisotopic (exact) mass is 409 g/mol. The highest BCUT2D eigenvalue weighted by molar-refractivity contribution is 6.09. The van der Waals surface area contributed by atoms with Crippen LogP contribution < -0.4 is 20.1 Å². The summed E-state index contributed by atoms with van der Waals surface area (Å²) in [5.74, 6) is 0.638. The number of aromatic amines is 1. The number of anilines is 2. The molecule has 2 aromatic rings. The van der Waals surface area contributed by atoms with Crippen LogP contribution >= 0.6 is 0 Å². The molecule has 1 aromatic carbocycles. The van der Waals surface area contributed by atoms with Crippen LogP contribution in [-0.4, -0.2) is 37.0 Å². The molecular weight excluding hydrogens is 376 g/mol. The molecule has 0 saturated carbocycles. The molecule has 2 N–H and O–H groups in total. The second-order valence-electron chi connectivity index (χ2n) is 9.07. The van der Waals surface area contributed by atoms with Crippen molar-refractivity contribution in [1.82, 2.24) is 5.32 Å². The fourth-order valence-electron chi connectivity index (χ4n) is 3.76. The van der Waals surface area contributed by atoms with Gasteiger partial charge in [0, 0.05) is 17.3 Å². The molecule has 0 radical (unpaired) electrons. The summed E-state index contributed by atoms with van der Waals surface area (Å²) in [5, 5.41) is 2.96. The molecule has 1 fully saturated rings. The SMILES string of the molecule is Cc1cccc(N(CC(=O)NC(C)(C)C)C(=O)c2ccc(N3CCCC3)[nH+]c2)c1C. The Morgan fingerprint density at radius 2 is 1.80 bits per heavy atom. The molecule has 1 saturated heterocycles. The molecule has 160 valence electrons. The van der Waals surface area contributed by atoms with Crippen LogP contribution in [0.15, 0.2) is 36.5 Å². The highest BCUT2D eigenvalue weighted by Crippen LogP contribution is 2.25. The maximum atomic E-state index is 13.5. The molecule has 2 amide bonds. The van der Waals surface area contributed by atoms with Gasteiger partial charge in [0.05, 0.1) is 18.7 Å². The minimum Gasteiger partial charge on any atom is -0.350 e. The third-order valence-corrected chi connectivity index (χ3v) is 5.42. The Labute approximate surface area is 179 Å². The maximum Gasteiger partial charge on any atom is 0.274 e. The number of carbonyl (C=O) groups excluding carboxylic acids is 2. The van der Waals surface area contributed by atoms with Crippen LogP contribution in [0.3, 0.4) is 0 Å². The topological polar surface area (TPSA) is 66.8 Å². The third kappa shape index (κ3) is 5.17. The molecule has 0 unspecified atom stereocenters. The zero-order chi connectivity index (χ0) is 21.9. The number of pyridine rings is 1. The van der Waals surface area contributed by atoms with Crippen molar-refractivity contribution in [3.8, 4) is 0 Å². The van der Waals surface area contributed by atoms with Crippen molar-refractivity contribution in [3.05, 3.63) is 53.2 Å². The van der Waals surface area contributed by atoms with Gasteiger partial charge in [0.15, 0.2) is 0 Å². The summed E-state index contributed by atoms with van der Waals surface area (Å²) >= 11 is 0. The molecule has 1 aliphatic rings. The molecule has 6 heteroatoms. The maximum absolute atomic E-state index is 13.5. The molecule has 6 nitrogen and oxygen atoms in total. The van der Waals surface area contributed by atoms with E-state index in [-0.39, 0.29) is 23.9 Å². The van der Waals surface area contributed by atoms with Gasteiger partial charge in [0.2, 0.25) is 5.91 Å². The van der Waals surface area contributed by atoms with Gasteiger partial charge >= 0.3 is 0 Å². The highest BCUT2D eigenvalue weighted by atomic mass is 16.2. The number of rotatable bonds is 5. The number of hydrogen-bond acceptors (Lipinski definition) is 3. The summed E-state index contributed by atoms with van der Waals surface area (Å²) in [5.41, 5.74) is 3.00. The summed E-state index contributed by atoms with van der Waals surface area (Å²) in [6, 6.07) is 9.62. The van der Waals surface area contributed by atoms with Gasteiger partial charge in [-0.15, -0.1) is 0 Å². The van der Waals surface area contributed by atoms with Crippen LogP contribution in [0.5, 0.6) is 0 Å². The van der Waals surface area contributed by atoms with Crippen molar-refractivity contribution >= 4 is 23.3 Å². The van der Waals surface area contributed by atoms with Gasteiger partial charge in [-0.25, -0.2) is 4.98 Å². The van der Waals surface area contributed by atoms with E-state index >= 15 is 0 Å². The standard InChI is InChI=1S/C24H32N4O2/c1-17-9-8-10-20(18(17)2)28(16-22(29)26-24(3,4)5)23(30)19-11-12-21(25-15-19)27-13-6-7-14-27/h8-12,15H,6-7,13-14,16H2,1-5H3,(H,26,29)/p+1. The first kappa shape index (κ1) is 21.8. The molecule has 3 rings (SSSR count). The summed E-state index contributed by atoms with van der Waals surface area (Å²) in [6.45, 7) is 11.8. The van der Waals surface area contributed by atoms with Crippen LogP contribution in [0.25, 0.3) is 0 Å². The van der Waals surface area contributed by atoms with E-state index in [4.69, 9.17) is 0 Å². The van der Waals surface area contributed by atoms with Crippen molar-refractivity contribution in [3.63, 3.8) is 0 Å². The van der Waals surface area contributed by atoms with Crippen molar-refractivity contribution < 1.29 is 14.6 Å². The molecule has 0 atom stereocenters. The van der Waals surface area contributed by atoms with Gasteiger partial charge < -0.3 is 5.32 Å². The summed E-state index contributed by atoms with van der Waals surface area (Å²) in [7, 11) is 0. The fraction of sp³-hybridized carbons (Fsp3) is 0.458. The predicted molar refractivity (Wildman–Crippen MR) is 120 cm³/mol. The van der Waals surface area contributed by atoms with Crippen LogP contribution in [0.4, 0.5) is 11.5 Å². The normalized spacial score (nSPS) is 14.0. The molecule has 1 aromatic heterocycles. The lowest BCUT2D eigenvalue weighted by molar-refractivity contribution is -0.364. The number of carbonyl (C=O) groups is 2. The van der Waals surface area contributed by atoms with E-state index in [0.29, 0.717) is 5.56 Å². The lowest BCUT2D eigenvalue weighted by atomic mass is 10.1. The number of H-pyrrole nitrogens is 1. The van der Waals surface area contributed by atoms with Crippen LogP contribution in [0.2, 0.25) is 0 Å². The van der Waals surface area contributed by atoms with Gasteiger partial charge in [-0.3, -0.25) is 19.4 Å². The van der Waals surface area contributed by atoms with E-state index in [9.17, 15) is 9.59 Å². The number of benzene rings is 1. The number of nitrogens with one attached hydrogen (secondary N) is 2. The van der Waals surface area contributed by atoms with Gasteiger partial charge in [-0.2, -0.15) is 0 Å². The van der Waals surface area contributed by atoms with E-state index in [1.165, 1.54) is 12.8 Å². The summed E-state index contributed by atoms with van der Waals surface area (Å²) < 4.78 is 0. The van der Waals surface area contributed by atoms with E-state index in [1.54, 1.807) is 11.1 Å². The third-order valence-electron chi connectivity index (χ3n) is 5.42. The predicted octanol–water partition coefficient (Wildman–Crippen LogP) is 3.28. The van der Waals surface area contributed by atoms with E-state index in [1.807, 2.05) is 65.0 Å². The van der Waals surface area contributed by atoms with Gasteiger partial charge in [0.25, 0.3) is 11.7 Å². The van der Waals surface area contributed by atoms with Crippen LogP contribution in [0, 0.1) is 13.8 Å². The van der Waals surface area contributed by atoms with Crippen molar-refractivity contribution in [2.24, 2.45) is 0 Å². The molecule has 1 aliphatic heterocycles. The largest absolute Gasteiger partial charge is 0.350 e. The number of amides is 2. The van der Waals surface area contributed by atoms with E-state index < -0.39 is 0 Å². The molecule has 2 heterocycles. The first-order valence-corrected chi connectivity index (χ1v) is 10.6. The quantitative estimate of drug-likeness (QED) is 0.824. The molecule has 0 bridgehead atoms. The second kappa shape index (κ2) is 8.86. The zero-order valence-corrected chi connectivity index (χ0v) is 18.7. The Balaban J connectivity index is 1.89. The van der Waals surface area contributed by atoms with Crippen molar-refractivity contribution in [1.29, 1.82) is 0 Å². The van der Waals surface area contributed by atoms with Gasteiger partial charge in [-0.05, 0) is 70.7 Å². The average molecular weight is 410 g/mol. The molecular formula is C24H33N4O2+. The minimum atomic E-state index is -0.362. The lowest BCUT2D eigenvalue weighted by Gasteiger charge is -2.27. The van der Waals surface area contributed by atoms with E-state index in [2.05, 4.69) is 15.2 Å². The number of aryl methyl sites for hydroxylation is 1. The molecule has 30 heavy (non-hydrogen) atoms.